The highest BCUT2D eigenvalue weighted by molar-refractivity contribution is 6.04. The zero-order chi connectivity index (χ0) is 30.5. The molecule has 10 nitrogen and oxygen atoms in total. The third kappa shape index (κ3) is 5.55. The quantitative estimate of drug-likeness (QED) is 0.389. The first-order valence-electron chi connectivity index (χ1n) is 15.0. The summed E-state index contributed by atoms with van der Waals surface area (Å²) in [4.78, 5) is 39.6. The lowest BCUT2D eigenvalue weighted by atomic mass is 9.91. The van der Waals surface area contributed by atoms with E-state index in [9.17, 15) is 9.59 Å². The molecule has 0 N–H and O–H groups in total. The number of methoxy groups -OCH3 is 2. The van der Waals surface area contributed by atoms with Gasteiger partial charge in [0.15, 0.2) is 23.0 Å². The molecule has 4 aliphatic heterocycles. The predicted molar refractivity (Wildman–Crippen MR) is 164 cm³/mol. The minimum atomic E-state index is -0.707. The molecule has 2 fully saturated rings. The number of carbonyl (C=O) groups excluding carboxylic acids is 2. The van der Waals surface area contributed by atoms with Crippen molar-refractivity contribution in [1.82, 2.24) is 9.80 Å². The first-order chi connectivity index (χ1) is 20.5. The van der Waals surface area contributed by atoms with Gasteiger partial charge in [-0.05, 0) is 65.5 Å². The van der Waals surface area contributed by atoms with E-state index in [1.807, 2.05) is 49.9 Å². The van der Waals surface area contributed by atoms with Crippen LogP contribution in [-0.2, 0) is 0 Å². The van der Waals surface area contributed by atoms with E-state index in [0.717, 1.165) is 38.8 Å². The standard InChI is InChI=1S/C33H40N4O6/c1-32(2,42-28-15-24-22(13-26(28)40-5)30(38)36-11-7-9-20(36)17-34-24)19-33(3,4)43-29-16-25-23(14-27(29)41-6)31(39)37-12-8-10-21(37)18-35-25/h13-18,20-21H,7-12,19H2,1-6H3/t20-,21-/m0/s1. The Bertz CT molecular complexity index is 1400. The predicted octanol–water partition coefficient (Wildman–Crippen LogP) is 5.75. The van der Waals surface area contributed by atoms with Crippen LogP contribution in [-0.4, -0.2) is 84.6 Å². The van der Waals surface area contributed by atoms with E-state index in [0.29, 0.717) is 51.9 Å². The summed E-state index contributed by atoms with van der Waals surface area (Å²) >= 11 is 0. The van der Waals surface area contributed by atoms with Gasteiger partial charge in [-0.25, -0.2) is 0 Å². The minimum absolute atomic E-state index is 0.0237. The number of rotatable bonds is 8. The molecule has 0 radical (unpaired) electrons. The molecule has 0 saturated carbocycles. The zero-order valence-electron chi connectivity index (χ0n) is 25.8. The Hall–Kier alpha value is -4.08. The Morgan fingerprint density at radius 2 is 1.12 bits per heavy atom. The lowest BCUT2D eigenvalue weighted by Gasteiger charge is -2.36. The fraction of sp³-hybridized carbons (Fsp3) is 0.515. The average molecular weight is 589 g/mol. The van der Waals surface area contributed by atoms with Gasteiger partial charge in [0, 0.05) is 44.1 Å². The summed E-state index contributed by atoms with van der Waals surface area (Å²) in [5, 5.41) is 0. The Morgan fingerprint density at radius 1 is 0.698 bits per heavy atom. The van der Waals surface area contributed by atoms with Gasteiger partial charge in [-0.3, -0.25) is 19.6 Å². The van der Waals surface area contributed by atoms with Crippen molar-refractivity contribution in [2.24, 2.45) is 9.98 Å². The van der Waals surface area contributed by atoms with Gasteiger partial charge in [-0.1, -0.05) is 0 Å². The SMILES string of the molecule is COc1cc2c(cc1OC(C)(C)CC(C)(C)Oc1cc3c(cc1OC)C(=O)N1CCC[C@H]1C=N3)N=C[C@@H]1CCCN1C2=O. The van der Waals surface area contributed by atoms with Crippen LogP contribution in [0.5, 0.6) is 23.0 Å². The monoisotopic (exact) mass is 588 g/mol. The minimum Gasteiger partial charge on any atom is -0.493 e. The molecule has 0 unspecified atom stereocenters. The van der Waals surface area contributed by atoms with Crippen LogP contribution in [0.3, 0.4) is 0 Å². The Labute approximate surface area is 252 Å². The zero-order valence-corrected chi connectivity index (χ0v) is 25.8. The summed E-state index contributed by atoms with van der Waals surface area (Å²) in [6.07, 6.45) is 8.00. The number of aliphatic imine (C=N–C) groups is 2. The van der Waals surface area contributed by atoms with Crippen LogP contribution in [0.1, 0.15) is 80.5 Å². The van der Waals surface area contributed by atoms with Crippen molar-refractivity contribution in [2.45, 2.75) is 83.1 Å². The molecule has 228 valence electrons. The fourth-order valence-electron chi connectivity index (χ4n) is 6.87. The first kappa shape index (κ1) is 29.0. The molecule has 2 aromatic rings. The van der Waals surface area contributed by atoms with E-state index in [2.05, 4.69) is 9.98 Å². The molecule has 0 aliphatic carbocycles. The number of amides is 2. The molecular weight excluding hydrogens is 548 g/mol. The maximum Gasteiger partial charge on any atom is 0.256 e. The highest BCUT2D eigenvalue weighted by Crippen LogP contribution is 2.43. The summed E-state index contributed by atoms with van der Waals surface area (Å²) in [5.41, 5.74) is 0.771. The van der Waals surface area contributed by atoms with Gasteiger partial charge >= 0.3 is 0 Å². The smallest absolute Gasteiger partial charge is 0.256 e. The van der Waals surface area contributed by atoms with Crippen LogP contribution < -0.4 is 18.9 Å². The van der Waals surface area contributed by atoms with Gasteiger partial charge in [-0.15, -0.1) is 0 Å². The van der Waals surface area contributed by atoms with E-state index in [-0.39, 0.29) is 23.9 Å². The number of fused-ring (bicyclic) bond motifs is 4. The van der Waals surface area contributed by atoms with Crippen molar-refractivity contribution in [3.8, 4) is 23.0 Å². The third-order valence-electron chi connectivity index (χ3n) is 8.54. The van der Waals surface area contributed by atoms with Crippen molar-refractivity contribution in [2.75, 3.05) is 27.3 Å². The number of hydrogen-bond acceptors (Lipinski definition) is 8. The van der Waals surface area contributed by atoms with Crippen LogP contribution in [0.15, 0.2) is 34.3 Å². The second-order valence-corrected chi connectivity index (χ2v) is 12.9. The molecule has 2 atom stereocenters. The van der Waals surface area contributed by atoms with Crippen LogP contribution >= 0.6 is 0 Å². The van der Waals surface area contributed by atoms with Gasteiger partial charge in [0.25, 0.3) is 11.8 Å². The summed E-state index contributed by atoms with van der Waals surface area (Å²) in [7, 11) is 3.14. The molecule has 4 aliphatic rings. The van der Waals surface area contributed by atoms with Gasteiger partial charge in [0.05, 0.1) is 48.8 Å². The molecule has 6 rings (SSSR count). The molecule has 10 heteroatoms. The largest absolute Gasteiger partial charge is 0.493 e. The Balaban J connectivity index is 1.23. The van der Waals surface area contributed by atoms with Crippen LogP contribution in [0.25, 0.3) is 0 Å². The van der Waals surface area contributed by atoms with Gasteiger partial charge in [0.2, 0.25) is 0 Å². The van der Waals surface area contributed by atoms with Crippen LogP contribution in [0, 0.1) is 0 Å². The second kappa shape index (κ2) is 10.9. The van der Waals surface area contributed by atoms with Crippen molar-refractivity contribution in [3.05, 3.63) is 35.4 Å². The number of benzene rings is 2. The molecule has 0 spiro atoms. The highest BCUT2D eigenvalue weighted by atomic mass is 16.5. The number of hydrogen-bond donors (Lipinski definition) is 0. The van der Waals surface area contributed by atoms with Gasteiger partial charge < -0.3 is 28.7 Å². The molecule has 0 bridgehead atoms. The normalized spacial score (nSPS) is 21.1. The molecule has 2 aromatic carbocycles. The van der Waals surface area contributed by atoms with E-state index < -0.39 is 11.2 Å². The maximum absolute atomic E-state index is 13.3. The molecular formula is C33H40N4O6. The number of carbonyl (C=O) groups is 2. The van der Waals surface area contributed by atoms with Crippen LogP contribution in [0.4, 0.5) is 11.4 Å². The van der Waals surface area contributed by atoms with E-state index >= 15 is 0 Å². The lowest BCUT2D eigenvalue weighted by Crippen LogP contribution is -2.41. The summed E-state index contributed by atoms with van der Waals surface area (Å²) in [5.74, 6) is 1.89. The van der Waals surface area contributed by atoms with Crippen molar-refractivity contribution >= 4 is 35.6 Å². The van der Waals surface area contributed by atoms with Gasteiger partial charge in [-0.2, -0.15) is 0 Å². The maximum atomic E-state index is 13.3. The topological polar surface area (TPSA) is 102 Å². The van der Waals surface area contributed by atoms with Crippen molar-refractivity contribution in [1.29, 1.82) is 0 Å². The Morgan fingerprint density at radius 3 is 1.51 bits per heavy atom. The van der Waals surface area contributed by atoms with Crippen molar-refractivity contribution in [3.63, 3.8) is 0 Å². The molecule has 43 heavy (non-hydrogen) atoms. The summed E-state index contributed by atoms with van der Waals surface area (Å²) in [6.45, 7) is 9.40. The summed E-state index contributed by atoms with van der Waals surface area (Å²) in [6, 6.07) is 7.09. The molecule has 2 saturated heterocycles. The Kier molecular flexibility index (Phi) is 7.34. The van der Waals surface area contributed by atoms with E-state index in [1.165, 1.54) is 0 Å². The summed E-state index contributed by atoms with van der Waals surface area (Å²) < 4.78 is 24.4. The third-order valence-corrected chi connectivity index (χ3v) is 8.54. The molecule has 2 amide bonds. The van der Waals surface area contributed by atoms with Gasteiger partial charge in [0.1, 0.15) is 11.2 Å². The highest BCUT2D eigenvalue weighted by Gasteiger charge is 2.37. The van der Waals surface area contributed by atoms with Crippen LogP contribution in [0.2, 0.25) is 0 Å². The van der Waals surface area contributed by atoms with E-state index in [1.54, 1.807) is 38.5 Å². The second-order valence-electron chi connectivity index (χ2n) is 12.9. The van der Waals surface area contributed by atoms with E-state index in [4.69, 9.17) is 18.9 Å². The first-order valence-corrected chi connectivity index (χ1v) is 15.0. The lowest BCUT2D eigenvalue weighted by molar-refractivity contribution is 0.00268. The average Bonchev–Trinajstić information content (AvgIpc) is 3.58. The fourth-order valence-corrected chi connectivity index (χ4v) is 6.87. The molecule has 0 aromatic heterocycles. The molecule has 4 heterocycles. The number of ether oxygens (including phenoxy) is 4. The van der Waals surface area contributed by atoms with Crippen molar-refractivity contribution < 1.29 is 28.5 Å². The number of nitrogens with zero attached hydrogens (tertiary/aromatic N) is 4.